The normalized spacial score (nSPS) is 15.8. The molecule has 1 saturated heterocycles. The number of nitrogens with one attached hydrogen (secondary N) is 21. The summed E-state index contributed by atoms with van der Waals surface area (Å²) in [4.78, 5) is 308. The molecule has 1 aliphatic rings. The minimum atomic E-state index is -1.99. The molecule has 3 rings (SSSR count). The van der Waals surface area contributed by atoms with Gasteiger partial charge in [0.05, 0.1) is 58.3 Å². The van der Waals surface area contributed by atoms with Gasteiger partial charge in [-0.1, -0.05) is 65.8 Å². The summed E-state index contributed by atoms with van der Waals surface area (Å²) < 4.78 is 0. The van der Waals surface area contributed by atoms with E-state index in [-0.39, 0.29) is 108 Å². The second kappa shape index (κ2) is 64.0. The second-order valence-corrected chi connectivity index (χ2v) is 35.8. The number of amides is 25. The maximum Gasteiger partial charge on any atom is 0.326 e. The first-order chi connectivity index (χ1) is 69.1. The number of carboxylic acids is 1. The Morgan fingerprint density at radius 1 is 0.347 bits per heavy atom. The van der Waals surface area contributed by atoms with Crippen molar-refractivity contribution in [2.24, 2.45) is 40.7 Å². The maximum absolute atomic E-state index is 14.3. The number of benzene rings is 2. The summed E-state index contributed by atoms with van der Waals surface area (Å²) >= 11 is 0. The molecule has 0 unspecified atom stereocenters. The minimum absolute atomic E-state index is 0.0130. The molecule has 0 aromatic heterocycles. The van der Waals surface area contributed by atoms with E-state index in [0.29, 0.717) is 11.1 Å². The number of carbonyl (C=O) groups excluding carboxylic acids is 22. The molecule has 0 aliphatic carbocycles. The predicted octanol–water partition coefficient (Wildman–Crippen LogP) is -13.6. The number of urea groups is 3. The molecule has 58 nitrogen and oxygen atoms in total. The molecule has 0 spiro atoms. The third-order valence-electron chi connectivity index (χ3n) is 22.5. The average molecular weight is 2090 g/mol. The molecule has 25 amide bonds. The molecule has 2 aromatic rings. The number of aromatic hydroxyl groups is 2. The van der Waals surface area contributed by atoms with E-state index >= 15 is 0 Å². The highest BCUT2D eigenvalue weighted by molar-refractivity contribution is 6.02. The van der Waals surface area contributed by atoms with E-state index in [9.17, 15) is 156 Å². The van der Waals surface area contributed by atoms with Gasteiger partial charge in [0.2, 0.25) is 112 Å². The summed E-state index contributed by atoms with van der Waals surface area (Å²) in [6.45, 7) is 6.37. The van der Waals surface area contributed by atoms with Crippen LogP contribution in [0.3, 0.4) is 0 Å². The second-order valence-electron chi connectivity index (χ2n) is 35.8. The Hall–Kier alpha value is -15.0. The number of phenolic OH excluding ortho intramolecular Hbond substituents is 2. The predicted molar refractivity (Wildman–Crippen MR) is 515 cm³/mol. The van der Waals surface area contributed by atoms with Crippen LogP contribution in [0.1, 0.15) is 138 Å². The van der Waals surface area contributed by atoms with E-state index in [2.05, 4.69) is 112 Å². The van der Waals surface area contributed by atoms with Crippen LogP contribution in [-0.4, -0.2) is 374 Å². The number of hydrogen-bond acceptors (Lipinski definition) is 32. The molecule has 1 heterocycles. The Labute approximate surface area is 844 Å². The van der Waals surface area contributed by atoms with Crippen molar-refractivity contribution in [2.45, 2.75) is 255 Å². The van der Waals surface area contributed by atoms with E-state index < -0.39 is 316 Å². The Kier molecular flexibility index (Phi) is 54.9. The largest absolute Gasteiger partial charge is 0.508 e. The van der Waals surface area contributed by atoms with Crippen LogP contribution in [0.25, 0.3) is 0 Å². The van der Waals surface area contributed by atoms with Gasteiger partial charge in [0, 0.05) is 39.0 Å². The van der Waals surface area contributed by atoms with Crippen LogP contribution in [0.2, 0.25) is 0 Å². The zero-order valence-corrected chi connectivity index (χ0v) is 83.0. The van der Waals surface area contributed by atoms with Gasteiger partial charge in [0.1, 0.15) is 114 Å². The quantitative estimate of drug-likeness (QED) is 0.0274. The molecular weight excluding hydrogens is 1950 g/mol. The van der Waals surface area contributed by atoms with Crippen LogP contribution in [0.5, 0.6) is 11.5 Å². The molecule has 1 aliphatic heterocycles. The van der Waals surface area contributed by atoms with Crippen molar-refractivity contribution in [3.63, 3.8) is 0 Å². The number of carboxylic acid groups (broad SMARTS) is 1. The molecule has 0 saturated carbocycles. The Balaban J connectivity index is 1.69. The zero-order valence-electron chi connectivity index (χ0n) is 83.0. The molecule has 147 heavy (non-hydrogen) atoms. The first-order valence-electron chi connectivity index (χ1n) is 47.2. The van der Waals surface area contributed by atoms with Crippen LogP contribution in [0.4, 0.5) is 14.4 Å². The van der Waals surface area contributed by atoms with E-state index in [1.54, 1.807) is 13.8 Å². The number of rotatable bonds is 64. The number of nitrogens with zero attached hydrogens (tertiary/aromatic N) is 1. The summed E-state index contributed by atoms with van der Waals surface area (Å²) in [6, 6.07) is -21.2. The number of nitrogens with two attached hydrogens (primary N) is 4. The molecule has 1 fully saturated rings. The first kappa shape index (κ1) is 126. The van der Waals surface area contributed by atoms with Crippen molar-refractivity contribution < 1.29 is 156 Å². The molecule has 19 atom stereocenters. The standard InChI is InChI=1S/C89H142N26O32/c1-41(2)31-55(104-78(135)60(38-118)108-72(129)52(90)15-11-27-94-87(91)145)76(133)105-56(32-48-19-23-50(122)24-20-48)74(131)99-44(7)69(126)107-59(37-117)80(137)111-62(40-120)85(142)115-30-14-18-63(115)81(138)98-34-64(124)97-35-65(125)112-66(42(3)4)82(139)106-57(33-49-21-25-51(123)26-22-49)75(132)100-46(9)71(128)114-68(47(10)121)84(141)102-53(16-12-28-95-88(92)146)73(130)109-61(39-119)79(136)110-58(36-116)77(134)101-45(8)70(127)113-67(43(5)6)83(140)103-54(86(143)144)17-13-29-96-89(93)147/h19-26,41-47,52-63,66-68,116-123H,11-18,27-40,90H2,1-10H3,(H,97,124)(H,98,138)(H,99,131)(H,100,132)(H,101,134)(H,102,141)(H,103,140)(H,104,135)(H,105,133)(H,106,139)(H,107,126)(H,108,129)(H,109,130)(H,110,136)(H,111,137)(H,112,125)(H,113,127)(H,114,128)(H,143,144)(H3,91,94,145)(H3,92,95,146)(H3,93,96,147)/t44-,45-,46-,47+,52-,53-,54-,55-,56-,57-,58-,59-,60-,61-,62-,63-,66-,67-,68-/m0/s1. The van der Waals surface area contributed by atoms with Crippen molar-refractivity contribution in [2.75, 3.05) is 72.3 Å². The Bertz CT molecular complexity index is 4840. The molecule has 0 bridgehead atoms. The van der Waals surface area contributed by atoms with E-state index in [1.165, 1.54) is 76.2 Å². The van der Waals surface area contributed by atoms with Crippen molar-refractivity contribution >= 4 is 136 Å². The van der Waals surface area contributed by atoms with Gasteiger partial charge in [0.15, 0.2) is 0 Å². The Morgan fingerprint density at radius 2 is 0.667 bits per heavy atom. The minimum Gasteiger partial charge on any atom is -0.508 e. The third kappa shape index (κ3) is 45.0. The molecule has 58 heteroatoms. The summed E-state index contributed by atoms with van der Waals surface area (Å²) in [5, 5.41) is 141. The topological polar surface area (TPSA) is 935 Å². The van der Waals surface area contributed by atoms with Gasteiger partial charge in [-0.2, -0.15) is 0 Å². The van der Waals surface area contributed by atoms with Gasteiger partial charge in [-0.25, -0.2) is 19.2 Å². The number of carbonyl (C=O) groups is 23. The lowest BCUT2D eigenvalue weighted by molar-refractivity contribution is -0.143. The van der Waals surface area contributed by atoms with Gasteiger partial charge in [-0.15, -0.1) is 0 Å². The van der Waals surface area contributed by atoms with Gasteiger partial charge in [0.25, 0.3) is 0 Å². The third-order valence-corrected chi connectivity index (χ3v) is 22.5. The van der Waals surface area contributed by atoms with Crippen molar-refractivity contribution in [3.8, 4) is 11.5 Å². The molecular formula is C89H142N26O32. The van der Waals surface area contributed by atoms with Crippen molar-refractivity contribution in [1.82, 2.24) is 117 Å². The van der Waals surface area contributed by atoms with Crippen LogP contribution in [0, 0.1) is 17.8 Å². The maximum atomic E-state index is 14.3. The van der Waals surface area contributed by atoms with E-state index in [1.807, 2.05) is 0 Å². The number of aliphatic carboxylic acids is 1. The highest BCUT2D eigenvalue weighted by Crippen LogP contribution is 2.21. The number of phenols is 2. The fraction of sp³-hybridized carbons (Fsp3) is 0.607. The summed E-state index contributed by atoms with van der Waals surface area (Å²) in [5.74, 6) is -23.9. The van der Waals surface area contributed by atoms with Gasteiger partial charge in [-0.3, -0.25) is 91.1 Å². The fourth-order valence-electron chi connectivity index (χ4n) is 14.2. The Morgan fingerprint density at radius 3 is 1.07 bits per heavy atom. The van der Waals surface area contributed by atoms with Gasteiger partial charge in [-0.05, 0) is 139 Å². The first-order valence-corrected chi connectivity index (χ1v) is 47.2. The lowest BCUT2D eigenvalue weighted by atomic mass is 10.0. The van der Waals surface area contributed by atoms with Crippen LogP contribution >= 0.6 is 0 Å². The molecule has 820 valence electrons. The highest BCUT2D eigenvalue weighted by Gasteiger charge is 2.42. The van der Waals surface area contributed by atoms with Gasteiger partial charge < -0.3 is 185 Å². The van der Waals surface area contributed by atoms with Crippen LogP contribution in [-0.2, 0) is 109 Å². The monoisotopic (exact) mass is 2090 g/mol. The van der Waals surface area contributed by atoms with Crippen LogP contribution in [0.15, 0.2) is 48.5 Å². The average Bonchev–Trinajstić information content (AvgIpc) is 1.66. The van der Waals surface area contributed by atoms with E-state index in [0.717, 1.165) is 32.6 Å². The van der Waals surface area contributed by atoms with Gasteiger partial charge >= 0.3 is 24.1 Å². The molecule has 0 radical (unpaired) electrons. The number of primary amides is 3. The van der Waals surface area contributed by atoms with Crippen molar-refractivity contribution in [1.29, 1.82) is 0 Å². The SMILES string of the molecule is CC(C)C[C@H](NC(=O)[C@H](CO)NC(=O)[C@@H](N)CCCNC(N)=O)C(=O)N[C@@H](Cc1ccc(O)cc1)C(=O)N[C@@H](C)C(=O)N[C@@H](CO)C(=O)N[C@@H](CO)C(=O)N1CCC[C@H]1C(=O)NCC(=O)NCC(=O)N[C@H](C(=O)N[C@@H](Cc1ccc(O)cc1)C(=O)N[C@@H](C)C(=O)N[C@H](C(=O)N[C@@H](CCCNC(N)=O)C(=O)N[C@@H](CO)C(=O)N[C@@H](CO)C(=O)N[C@@H](C)C(=O)N[C@H](C(=O)N[C@@H](CCCNC(N)=O)C(=O)O)C(C)C)[C@@H](C)O)C(C)C. The fourth-order valence-corrected chi connectivity index (χ4v) is 14.2. The van der Waals surface area contributed by atoms with Crippen LogP contribution < -0.4 is 135 Å². The smallest absolute Gasteiger partial charge is 0.326 e. The zero-order chi connectivity index (χ0) is 111. The molecule has 38 N–H and O–H groups in total. The number of aliphatic hydroxyl groups is 6. The van der Waals surface area contributed by atoms with Crippen molar-refractivity contribution in [3.05, 3.63) is 59.7 Å². The van der Waals surface area contributed by atoms with E-state index in [4.69, 9.17) is 22.9 Å². The highest BCUT2D eigenvalue weighted by atomic mass is 16.4. The number of hydrogen-bond donors (Lipinski definition) is 34. The lowest BCUT2D eigenvalue weighted by Crippen LogP contribution is -2.62. The molecule has 2 aromatic carbocycles. The summed E-state index contributed by atoms with van der Waals surface area (Å²) in [5.41, 5.74) is 21.9. The number of likely N-dealkylation sites (tertiary alicyclic amines) is 1. The summed E-state index contributed by atoms with van der Waals surface area (Å²) in [6.07, 6.45) is -2.76. The lowest BCUT2D eigenvalue weighted by Gasteiger charge is -2.29. The summed E-state index contributed by atoms with van der Waals surface area (Å²) in [7, 11) is 0. The number of aliphatic hydroxyl groups excluding tert-OH is 6.